The number of nitrogens with one attached hydrogen (secondary N) is 1. The largest absolute Gasteiger partial charge is 0.316 e. The predicted octanol–water partition coefficient (Wildman–Crippen LogP) is 2.03. The van der Waals surface area contributed by atoms with Crippen molar-refractivity contribution in [3.8, 4) is 0 Å². The Bertz CT molecular complexity index is 362. The van der Waals surface area contributed by atoms with Crippen LogP contribution in [-0.2, 0) is 0 Å². The number of piperidine rings is 1. The minimum atomic E-state index is 0.681. The van der Waals surface area contributed by atoms with Gasteiger partial charge in [0.25, 0.3) is 0 Å². The fourth-order valence-corrected chi connectivity index (χ4v) is 3.88. The molecule has 94 valence electrons. The van der Waals surface area contributed by atoms with Crippen molar-refractivity contribution in [3.63, 3.8) is 0 Å². The summed E-state index contributed by atoms with van der Waals surface area (Å²) in [6.45, 7) is 4.74. The van der Waals surface area contributed by atoms with Crippen molar-refractivity contribution in [1.29, 1.82) is 0 Å². The minimum absolute atomic E-state index is 0.681. The van der Waals surface area contributed by atoms with Gasteiger partial charge in [0.2, 0.25) is 0 Å². The summed E-state index contributed by atoms with van der Waals surface area (Å²) in [4.78, 5) is 7.32. The topological polar surface area (TPSA) is 28.2 Å². The summed E-state index contributed by atoms with van der Waals surface area (Å²) in [5, 5.41) is 7.10. The van der Waals surface area contributed by atoms with E-state index in [1.165, 1.54) is 43.1 Å². The van der Waals surface area contributed by atoms with Crippen LogP contribution in [0.15, 0.2) is 5.38 Å². The van der Waals surface area contributed by atoms with Crippen LogP contribution in [0.4, 0.5) is 0 Å². The Morgan fingerprint density at radius 1 is 1.29 bits per heavy atom. The van der Waals surface area contributed by atoms with Crippen LogP contribution in [0.25, 0.3) is 0 Å². The van der Waals surface area contributed by atoms with E-state index in [4.69, 9.17) is 4.98 Å². The van der Waals surface area contributed by atoms with Crippen LogP contribution in [-0.4, -0.2) is 43.1 Å². The lowest BCUT2D eigenvalue weighted by Crippen LogP contribution is -2.29. The summed E-state index contributed by atoms with van der Waals surface area (Å²) in [5.74, 6) is 1.39. The van der Waals surface area contributed by atoms with Gasteiger partial charge in [0.1, 0.15) is 0 Å². The van der Waals surface area contributed by atoms with Crippen molar-refractivity contribution in [2.45, 2.75) is 31.1 Å². The summed E-state index contributed by atoms with van der Waals surface area (Å²) < 4.78 is 0. The zero-order chi connectivity index (χ0) is 11.7. The quantitative estimate of drug-likeness (QED) is 0.872. The van der Waals surface area contributed by atoms with E-state index in [9.17, 15) is 0 Å². The zero-order valence-corrected chi connectivity index (χ0v) is 11.3. The lowest BCUT2D eigenvalue weighted by atomic mass is 9.94. The molecule has 1 aromatic heterocycles. The highest BCUT2D eigenvalue weighted by Gasteiger charge is 2.24. The second-order valence-electron chi connectivity index (χ2n) is 5.38. The molecule has 1 atom stereocenters. The molecule has 0 spiro atoms. The van der Waals surface area contributed by atoms with E-state index < -0.39 is 0 Å². The summed E-state index contributed by atoms with van der Waals surface area (Å²) in [6, 6.07) is 0. The number of hydrogen-bond donors (Lipinski definition) is 1. The Kier molecular flexibility index (Phi) is 3.45. The van der Waals surface area contributed by atoms with Crippen LogP contribution in [0.5, 0.6) is 0 Å². The van der Waals surface area contributed by atoms with Crippen molar-refractivity contribution in [2.24, 2.45) is 0 Å². The van der Waals surface area contributed by atoms with Crippen LogP contribution >= 0.6 is 11.3 Å². The molecule has 2 aliphatic heterocycles. The van der Waals surface area contributed by atoms with Gasteiger partial charge in [-0.2, -0.15) is 0 Å². The van der Waals surface area contributed by atoms with Gasteiger partial charge in [0.05, 0.1) is 10.7 Å². The lowest BCUT2D eigenvalue weighted by molar-refractivity contribution is 0.253. The van der Waals surface area contributed by atoms with Crippen molar-refractivity contribution in [3.05, 3.63) is 16.1 Å². The van der Waals surface area contributed by atoms with Crippen molar-refractivity contribution in [1.82, 2.24) is 15.2 Å². The second kappa shape index (κ2) is 5.04. The molecule has 3 nitrogen and oxygen atoms in total. The van der Waals surface area contributed by atoms with Gasteiger partial charge in [-0.25, -0.2) is 4.98 Å². The van der Waals surface area contributed by atoms with Gasteiger partial charge in [-0.3, -0.25) is 0 Å². The molecule has 3 rings (SSSR count). The van der Waals surface area contributed by atoms with Crippen molar-refractivity contribution < 1.29 is 0 Å². The minimum Gasteiger partial charge on any atom is -0.316 e. The predicted molar refractivity (Wildman–Crippen MR) is 71.8 cm³/mol. The normalized spacial score (nSPS) is 27.7. The Labute approximate surface area is 107 Å². The van der Waals surface area contributed by atoms with E-state index in [2.05, 4.69) is 22.6 Å². The molecular weight excluding hydrogens is 230 g/mol. The van der Waals surface area contributed by atoms with Gasteiger partial charge in [0, 0.05) is 23.8 Å². The van der Waals surface area contributed by atoms with E-state index in [0.717, 1.165) is 13.1 Å². The van der Waals surface area contributed by atoms with Crippen LogP contribution in [0.3, 0.4) is 0 Å². The third-order valence-electron chi connectivity index (χ3n) is 4.09. The van der Waals surface area contributed by atoms with E-state index in [1.54, 1.807) is 0 Å². The summed E-state index contributed by atoms with van der Waals surface area (Å²) in [5.41, 5.74) is 1.37. The monoisotopic (exact) mass is 251 g/mol. The third kappa shape index (κ3) is 2.54. The zero-order valence-electron chi connectivity index (χ0n) is 10.5. The van der Waals surface area contributed by atoms with Gasteiger partial charge < -0.3 is 10.2 Å². The molecule has 2 saturated heterocycles. The summed E-state index contributed by atoms with van der Waals surface area (Å²) in [6.07, 6.45) is 3.82. The molecule has 0 saturated carbocycles. The highest BCUT2D eigenvalue weighted by atomic mass is 32.1. The molecule has 17 heavy (non-hydrogen) atoms. The smallest absolute Gasteiger partial charge is 0.0972 e. The molecule has 1 aromatic rings. The average molecular weight is 251 g/mol. The molecule has 2 fully saturated rings. The molecule has 2 aliphatic rings. The van der Waals surface area contributed by atoms with E-state index in [0.29, 0.717) is 11.8 Å². The van der Waals surface area contributed by atoms with Gasteiger partial charge in [-0.15, -0.1) is 11.3 Å². The Morgan fingerprint density at radius 2 is 2.12 bits per heavy atom. The van der Waals surface area contributed by atoms with E-state index >= 15 is 0 Å². The number of aromatic nitrogens is 1. The average Bonchev–Trinajstić information content (AvgIpc) is 3.00. The second-order valence-corrected chi connectivity index (χ2v) is 6.27. The molecule has 0 bridgehead atoms. The number of rotatable bonds is 2. The SMILES string of the molecule is CN1CCC(c2csc(C3CCNC3)n2)CC1. The molecule has 0 aliphatic carbocycles. The molecule has 1 unspecified atom stereocenters. The number of nitrogens with zero attached hydrogens (tertiary/aromatic N) is 2. The molecule has 0 radical (unpaired) electrons. The molecule has 1 N–H and O–H groups in total. The first-order valence-corrected chi connectivity index (χ1v) is 7.55. The number of likely N-dealkylation sites (tertiary alicyclic amines) is 1. The number of hydrogen-bond acceptors (Lipinski definition) is 4. The van der Waals surface area contributed by atoms with Crippen molar-refractivity contribution in [2.75, 3.05) is 33.2 Å². The summed E-state index contributed by atoms with van der Waals surface area (Å²) >= 11 is 1.88. The van der Waals surface area contributed by atoms with Gasteiger partial charge in [-0.1, -0.05) is 0 Å². The lowest BCUT2D eigenvalue weighted by Gasteiger charge is -2.27. The molecule has 0 amide bonds. The standard InChI is InChI=1S/C13H21N3S/c1-16-6-3-10(4-7-16)12-9-17-13(15-12)11-2-5-14-8-11/h9-11,14H,2-8H2,1H3. The van der Waals surface area contributed by atoms with Crippen LogP contribution in [0, 0.1) is 0 Å². The maximum absolute atomic E-state index is 4.90. The third-order valence-corrected chi connectivity index (χ3v) is 5.11. The van der Waals surface area contributed by atoms with Crippen molar-refractivity contribution >= 4 is 11.3 Å². The maximum Gasteiger partial charge on any atom is 0.0972 e. The highest BCUT2D eigenvalue weighted by Crippen LogP contribution is 2.32. The van der Waals surface area contributed by atoms with Gasteiger partial charge >= 0.3 is 0 Å². The number of thiazole rings is 1. The molecule has 3 heterocycles. The van der Waals surface area contributed by atoms with Gasteiger partial charge in [-0.05, 0) is 45.9 Å². The Morgan fingerprint density at radius 3 is 2.82 bits per heavy atom. The van der Waals surface area contributed by atoms with Crippen LogP contribution in [0.2, 0.25) is 0 Å². The van der Waals surface area contributed by atoms with E-state index in [-0.39, 0.29) is 0 Å². The van der Waals surface area contributed by atoms with E-state index in [1.807, 2.05) is 11.3 Å². The Balaban J connectivity index is 1.67. The molecule has 0 aromatic carbocycles. The maximum atomic E-state index is 4.90. The Hall–Kier alpha value is -0.450. The highest BCUT2D eigenvalue weighted by molar-refractivity contribution is 7.09. The van der Waals surface area contributed by atoms with Crippen LogP contribution < -0.4 is 5.32 Å². The first kappa shape index (κ1) is 11.6. The fourth-order valence-electron chi connectivity index (χ4n) is 2.85. The fraction of sp³-hybridized carbons (Fsp3) is 0.769. The first-order valence-electron chi connectivity index (χ1n) is 6.67. The molecule has 4 heteroatoms. The van der Waals surface area contributed by atoms with Crippen LogP contribution in [0.1, 0.15) is 41.8 Å². The van der Waals surface area contributed by atoms with Gasteiger partial charge in [0.15, 0.2) is 0 Å². The molecular formula is C13H21N3S. The summed E-state index contributed by atoms with van der Waals surface area (Å²) in [7, 11) is 2.22. The first-order chi connectivity index (χ1) is 8.33.